The van der Waals surface area contributed by atoms with Crippen LogP contribution in [0.2, 0.25) is 0 Å². The van der Waals surface area contributed by atoms with Gasteiger partial charge >= 0.3 is 0 Å². The standard InChI is InChI=1S/C24H25FN4OS2/c1-5-29-20-11-18(25)16(10-17(20)15(2)12-24(29,3)4)13-26-28-22(30)14-31-23-27-19-8-6-7-9-21(19)32-23/h6-13H,5,14H2,1-4H3,(H,28,30)/b26-13+. The fourth-order valence-corrected chi connectivity index (χ4v) is 5.90. The number of anilines is 1. The van der Waals surface area contributed by atoms with E-state index in [0.29, 0.717) is 5.56 Å². The molecule has 0 fully saturated rings. The summed E-state index contributed by atoms with van der Waals surface area (Å²) in [6.07, 6.45) is 3.55. The van der Waals surface area contributed by atoms with E-state index in [9.17, 15) is 9.18 Å². The Hall–Kier alpha value is -2.71. The van der Waals surface area contributed by atoms with Gasteiger partial charge in [-0.25, -0.2) is 14.8 Å². The minimum Gasteiger partial charge on any atom is -0.363 e. The molecule has 0 bridgehead atoms. The largest absolute Gasteiger partial charge is 0.363 e. The van der Waals surface area contributed by atoms with Crippen LogP contribution in [0.1, 0.15) is 38.8 Å². The molecule has 0 saturated heterocycles. The first kappa shape index (κ1) is 22.5. The van der Waals surface area contributed by atoms with E-state index in [1.165, 1.54) is 18.0 Å². The van der Waals surface area contributed by atoms with Crippen LogP contribution in [0.3, 0.4) is 0 Å². The van der Waals surface area contributed by atoms with Gasteiger partial charge in [-0.1, -0.05) is 30.0 Å². The Morgan fingerprint density at radius 3 is 2.88 bits per heavy atom. The molecule has 32 heavy (non-hydrogen) atoms. The summed E-state index contributed by atoms with van der Waals surface area (Å²) < 4.78 is 16.7. The van der Waals surface area contributed by atoms with Crippen molar-refractivity contribution in [3.63, 3.8) is 0 Å². The third kappa shape index (κ3) is 4.56. The summed E-state index contributed by atoms with van der Waals surface area (Å²) in [6, 6.07) is 11.2. The molecule has 2 aromatic carbocycles. The number of hydrogen-bond donors (Lipinski definition) is 1. The van der Waals surface area contributed by atoms with Crippen molar-refractivity contribution < 1.29 is 9.18 Å². The van der Waals surface area contributed by atoms with Gasteiger partial charge in [-0.15, -0.1) is 11.3 Å². The highest BCUT2D eigenvalue weighted by atomic mass is 32.2. The Balaban J connectivity index is 1.42. The van der Waals surface area contributed by atoms with Gasteiger partial charge in [0.15, 0.2) is 4.34 Å². The Kier molecular flexibility index (Phi) is 6.35. The van der Waals surface area contributed by atoms with Crippen molar-refractivity contribution >= 4 is 56.7 Å². The van der Waals surface area contributed by atoms with Crippen LogP contribution in [0, 0.1) is 5.82 Å². The molecule has 1 N–H and O–H groups in total. The molecule has 2 heterocycles. The number of halogens is 1. The SMILES string of the molecule is CCN1c2cc(F)c(/C=N/NC(=O)CSc3nc4ccccc4s3)cc2C(C)=CC1(C)C. The molecule has 1 amide bonds. The number of rotatable bonds is 6. The van der Waals surface area contributed by atoms with E-state index in [2.05, 4.69) is 47.3 Å². The summed E-state index contributed by atoms with van der Waals surface area (Å²) in [6.45, 7) is 9.12. The van der Waals surface area contributed by atoms with E-state index in [-0.39, 0.29) is 23.0 Å². The summed E-state index contributed by atoms with van der Waals surface area (Å²) in [5.41, 5.74) is 6.52. The summed E-state index contributed by atoms with van der Waals surface area (Å²) in [7, 11) is 0. The smallest absolute Gasteiger partial charge is 0.250 e. The van der Waals surface area contributed by atoms with E-state index in [1.807, 2.05) is 31.2 Å². The number of hydrazone groups is 1. The fraction of sp³-hybridized carbons (Fsp3) is 0.292. The molecule has 1 aliphatic rings. The van der Waals surface area contributed by atoms with Gasteiger partial charge in [0.25, 0.3) is 5.91 Å². The maximum absolute atomic E-state index is 14.8. The highest BCUT2D eigenvalue weighted by molar-refractivity contribution is 8.01. The monoisotopic (exact) mass is 468 g/mol. The number of para-hydroxylation sites is 1. The van der Waals surface area contributed by atoms with Gasteiger partial charge in [0.05, 0.1) is 27.7 Å². The molecule has 1 aromatic heterocycles. The summed E-state index contributed by atoms with van der Waals surface area (Å²) in [4.78, 5) is 18.8. The van der Waals surface area contributed by atoms with Gasteiger partial charge in [0.2, 0.25) is 0 Å². The first-order chi connectivity index (χ1) is 15.3. The number of allylic oxidation sites excluding steroid dienone is 1. The molecule has 0 radical (unpaired) electrons. The molecule has 0 saturated carbocycles. The lowest BCUT2D eigenvalue weighted by atomic mass is 9.88. The molecule has 3 aromatic rings. The van der Waals surface area contributed by atoms with Gasteiger partial charge < -0.3 is 4.90 Å². The van der Waals surface area contributed by atoms with Crippen LogP contribution in [-0.2, 0) is 4.79 Å². The van der Waals surface area contributed by atoms with E-state index >= 15 is 0 Å². The fourth-order valence-electron chi connectivity index (χ4n) is 4.04. The zero-order chi connectivity index (χ0) is 22.9. The van der Waals surface area contributed by atoms with Crippen molar-refractivity contribution in [3.8, 4) is 0 Å². The van der Waals surface area contributed by atoms with Crippen molar-refractivity contribution in [1.29, 1.82) is 0 Å². The number of amides is 1. The number of benzene rings is 2. The van der Waals surface area contributed by atoms with Crippen molar-refractivity contribution in [2.45, 2.75) is 37.6 Å². The lowest BCUT2D eigenvalue weighted by molar-refractivity contribution is -0.118. The molecule has 0 unspecified atom stereocenters. The van der Waals surface area contributed by atoms with Crippen LogP contribution in [-0.4, -0.2) is 34.9 Å². The van der Waals surface area contributed by atoms with Gasteiger partial charge in [0, 0.05) is 23.4 Å². The second-order valence-corrected chi connectivity index (χ2v) is 10.4. The number of carbonyl (C=O) groups is 1. The predicted molar refractivity (Wildman–Crippen MR) is 133 cm³/mol. The van der Waals surface area contributed by atoms with Crippen LogP contribution in [0.25, 0.3) is 15.8 Å². The number of thioether (sulfide) groups is 1. The van der Waals surface area contributed by atoms with Crippen LogP contribution in [0.15, 0.2) is 51.9 Å². The van der Waals surface area contributed by atoms with Crippen molar-refractivity contribution in [3.05, 3.63) is 59.4 Å². The van der Waals surface area contributed by atoms with E-state index in [4.69, 9.17) is 0 Å². The first-order valence-corrected chi connectivity index (χ1v) is 12.2. The highest BCUT2D eigenvalue weighted by Gasteiger charge is 2.30. The molecule has 0 atom stereocenters. The average Bonchev–Trinajstić information content (AvgIpc) is 3.16. The quantitative estimate of drug-likeness (QED) is 0.286. The van der Waals surface area contributed by atoms with E-state index < -0.39 is 0 Å². The van der Waals surface area contributed by atoms with Crippen LogP contribution in [0.5, 0.6) is 0 Å². The maximum Gasteiger partial charge on any atom is 0.250 e. The van der Waals surface area contributed by atoms with E-state index in [1.54, 1.807) is 23.5 Å². The molecule has 8 heteroatoms. The van der Waals surface area contributed by atoms with Crippen molar-refractivity contribution in [2.75, 3.05) is 17.2 Å². The minimum atomic E-state index is -0.366. The first-order valence-electron chi connectivity index (χ1n) is 10.4. The molecule has 166 valence electrons. The summed E-state index contributed by atoms with van der Waals surface area (Å²) in [5, 5.41) is 3.97. The topological polar surface area (TPSA) is 57.6 Å². The normalized spacial score (nSPS) is 15.2. The summed E-state index contributed by atoms with van der Waals surface area (Å²) >= 11 is 2.91. The van der Waals surface area contributed by atoms with Gasteiger partial charge in [-0.2, -0.15) is 5.10 Å². The third-order valence-corrected chi connectivity index (χ3v) is 7.59. The number of nitrogens with one attached hydrogen (secondary N) is 1. The molecule has 5 nitrogen and oxygen atoms in total. The van der Waals surface area contributed by atoms with Crippen LogP contribution >= 0.6 is 23.1 Å². The number of nitrogens with zero attached hydrogens (tertiary/aromatic N) is 3. The number of fused-ring (bicyclic) bond motifs is 2. The third-order valence-electron chi connectivity index (χ3n) is 5.41. The maximum atomic E-state index is 14.8. The summed E-state index contributed by atoms with van der Waals surface area (Å²) in [5.74, 6) is -0.444. The van der Waals surface area contributed by atoms with Crippen molar-refractivity contribution in [2.24, 2.45) is 5.10 Å². The number of thiazole rings is 1. The number of aromatic nitrogens is 1. The molecular weight excluding hydrogens is 443 g/mol. The van der Waals surface area contributed by atoms with E-state index in [0.717, 1.165) is 37.9 Å². The molecule has 0 spiro atoms. The van der Waals surface area contributed by atoms with Crippen LogP contribution < -0.4 is 10.3 Å². The van der Waals surface area contributed by atoms with Gasteiger partial charge in [0.1, 0.15) is 5.82 Å². The Labute approximate surface area is 195 Å². The van der Waals surface area contributed by atoms with Crippen molar-refractivity contribution in [1.82, 2.24) is 10.4 Å². The molecule has 4 rings (SSSR count). The second kappa shape index (κ2) is 9.03. The zero-order valence-electron chi connectivity index (χ0n) is 18.5. The van der Waals surface area contributed by atoms with Gasteiger partial charge in [-0.05, 0) is 57.5 Å². The Morgan fingerprint density at radius 1 is 1.34 bits per heavy atom. The number of likely N-dealkylation sites (N-methyl/N-ethyl adjacent to an activating group) is 1. The number of hydrogen-bond acceptors (Lipinski definition) is 6. The average molecular weight is 469 g/mol. The Bertz CT molecular complexity index is 1200. The molecular formula is C24H25FN4OS2. The zero-order valence-corrected chi connectivity index (χ0v) is 20.1. The minimum absolute atomic E-state index is 0.178. The number of carbonyl (C=O) groups excluding carboxylic acids is 1. The second-order valence-electron chi connectivity index (χ2n) is 8.15. The Morgan fingerprint density at radius 2 is 2.12 bits per heavy atom. The highest BCUT2D eigenvalue weighted by Crippen LogP contribution is 2.39. The molecule has 0 aliphatic carbocycles. The van der Waals surface area contributed by atoms with Gasteiger partial charge in [-0.3, -0.25) is 4.79 Å². The van der Waals surface area contributed by atoms with Crippen LogP contribution in [0.4, 0.5) is 10.1 Å². The predicted octanol–water partition coefficient (Wildman–Crippen LogP) is 5.70. The lowest BCUT2D eigenvalue weighted by Gasteiger charge is -2.42. The lowest BCUT2D eigenvalue weighted by Crippen LogP contribution is -2.45. The molecule has 1 aliphatic heterocycles.